The Morgan fingerprint density at radius 3 is 2.71 bits per heavy atom. The van der Waals surface area contributed by atoms with Gasteiger partial charge in [-0.2, -0.15) is 11.8 Å². The number of aromatic nitrogens is 1. The van der Waals surface area contributed by atoms with E-state index in [4.69, 9.17) is 4.74 Å². The number of fused-ring (bicyclic) bond motifs is 1. The summed E-state index contributed by atoms with van der Waals surface area (Å²) in [5.41, 5.74) is 1.69. The Balaban J connectivity index is 2.24. The molecular weight excluding hydrogens is 394 g/mol. The van der Waals surface area contributed by atoms with Crippen LogP contribution in [0, 0.1) is 0 Å². The number of ether oxygens (including phenoxy) is 1. The van der Waals surface area contributed by atoms with E-state index in [9.17, 15) is 14.7 Å². The fourth-order valence-corrected chi connectivity index (χ4v) is 4.77. The fraction of sp³-hybridized carbons (Fsp3) is 0.412. The van der Waals surface area contributed by atoms with Crippen LogP contribution in [0.2, 0.25) is 0 Å². The third-order valence-corrected chi connectivity index (χ3v) is 5.76. The molecule has 3 rings (SSSR count). The number of carbonyl (C=O) groups excluding carboxylic acids is 1. The molecule has 7 heteroatoms. The van der Waals surface area contributed by atoms with E-state index in [-0.39, 0.29) is 12.2 Å². The molecule has 5 nitrogen and oxygen atoms in total. The molecule has 0 saturated carbocycles. The second-order valence-electron chi connectivity index (χ2n) is 5.69. The minimum Gasteiger partial charge on any atom is -0.464 e. The van der Waals surface area contributed by atoms with E-state index in [1.54, 1.807) is 19.2 Å². The number of rotatable bonds is 3. The Kier molecular flexibility index (Phi) is 5.20. The molecule has 1 fully saturated rings. The van der Waals surface area contributed by atoms with E-state index in [1.807, 2.05) is 17.8 Å². The van der Waals surface area contributed by atoms with Crippen molar-refractivity contribution in [3.05, 3.63) is 33.9 Å². The molecule has 1 saturated heterocycles. The van der Waals surface area contributed by atoms with E-state index in [2.05, 4.69) is 15.9 Å². The molecule has 0 unspecified atom stereocenters. The molecule has 0 radical (unpaired) electrons. The number of carboxylic acid groups (broad SMARTS) is 1. The summed E-state index contributed by atoms with van der Waals surface area (Å²) in [6.07, 6.45) is 2.61. The topological polar surface area (TPSA) is 68.5 Å². The van der Waals surface area contributed by atoms with Gasteiger partial charge in [0.15, 0.2) is 0 Å². The average Bonchev–Trinajstić information content (AvgIpc) is 2.94. The van der Waals surface area contributed by atoms with Gasteiger partial charge in [-0.1, -0.05) is 15.9 Å². The third kappa shape index (κ3) is 3.19. The van der Waals surface area contributed by atoms with Gasteiger partial charge < -0.3 is 9.84 Å². The van der Waals surface area contributed by atoms with Crippen LogP contribution in [0.5, 0.6) is 0 Å². The molecule has 1 aliphatic rings. The van der Waals surface area contributed by atoms with Crippen molar-refractivity contribution in [3.63, 3.8) is 0 Å². The summed E-state index contributed by atoms with van der Waals surface area (Å²) < 4.78 is 7.01. The molecule has 128 valence electrons. The predicted octanol–water partition coefficient (Wildman–Crippen LogP) is 4.72. The highest BCUT2D eigenvalue weighted by atomic mass is 79.9. The number of thioether (sulfide) groups is 1. The second kappa shape index (κ2) is 7.19. The van der Waals surface area contributed by atoms with Crippen molar-refractivity contribution in [1.29, 1.82) is 0 Å². The number of hydrogen-bond donors (Lipinski definition) is 1. The largest absolute Gasteiger partial charge is 0.464 e. The number of esters is 1. The van der Waals surface area contributed by atoms with E-state index < -0.39 is 12.1 Å². The fourth-order valence-electron chi connectivity index (χ4n) is 3.20. The third-order valence-electron chi connectivity index (χ3n) is 4.26. The molecule has 0 amide bonds. The van der Waals surface area contributed by atoms with Gasteiger partial charge in [0.05, 0.1) is 17.7 Å². The molecule has 0 atom stereocenters. The standard InChI is InChI=1S/C17H18BrNO4S/c1-2-23-16(20)13-8-11(18)7-12-14(10-3-5-24-6-4-10)9-19(15(12)13)17(21)22/h7-10H,2-6H2,1H3,(H,21,22). The first-order valence-electron chi connectivity index (χ1n) is 7.85. The zero-order valence-electron chi connectivity index (χ0n) is 13.3. The van der Waals surface area contributed by atoms with Crippen molar-refractivity contribution in [3.8, 4) is 0 Å². The van der Waals surface area contributed by atoms with Crippen LogP contribution in [0.4, 0.5) is 4.79 Å². The predicted molar refractivity (Wildman–Crippen MR) is 98.3 cm³/mol. The molecule has 0 bridgehead atoms. The normalized spacial score (nSPS) is 15.6. The minimum atomic E-state index is -1.09. The lowest BCUT2D eigenvalue weighted by molar-refractivity contribution is 0.0528. The van der Waals surface area contributed by atoms with Gasteiger partial charge in [0.25, 0.3) is 0 Å². The van der Waals surface area contributed by atoms with Crippen LogP contribution in [0.25, 0.3) is 10.9 Å². The summed E-state index contributed by atoms with van der Waals surface area (Å²) >= 11 is 5.36. The molecule has 1 aromatic carbocycles. The van der Waals surface area contributed by atoms with Crippen molar-refractivity contribution < 1.29 is 19.4 Å². The molecule has 1 aliphatic heterocycles. The highest BCUT2D eigenvalue weighted by molar-refractivity contribution is 9.10. The Bertz CT molecular complexity index is 795. The van der Waals surface area contributed by atoms with Crippen LogP contribution < -0.4 is 0 Å². The smallest absolute Gasteiger partial charge is 0.416 e. The number of benzene rings is 1. The lowest BCUT2D eigenvalue weighted by Gasteiger charge is -2.21. The number of hydrogen-bond acceptors (Lipinski definition) is 4. The first-order chi connectivity index (χ1) is 11.5. The van der Waals surface area contributed by atoms with Crippen molar-refractivity contribution in [2.24, 2.45) is 0 Å². The van der Waals surface area contributed by atoms with Crippen LogP contribution in [-0.4, -0.2) is 39.8 Å². The quantitative estimate of drug-likeness (QED) is 0.739. The summed E-state index contributed by atoms with van der Waals surface area (Å²) in [5, 5.41) is 10.4. The maximum atomic E-state index is 12.3. The summed E-state index contributed by atoms with van der Waals surface area (Å²) in [7, 11) is 0. The van der Waals surface area contributed by atoms with Gasteiger partial charge in [0, 0.05) is 16.1 Å². The molecule has 2 heterocycles. The van der Waals surface area contributed by atoms with E-state index in [0.717, 1.165) is 44.3 Å². The van der Waals surface area contributed by atoms with Gasteiger partial charge in [-0.05, 0) is 54.9 Å². The van der Waals surface area contributed by atoms with Crippen LogP contribution in [-0.2, 0) is 4.74 Å². The van der Waals surface area contributed by atoms with Gasteiger partial charge in [0.1, 0.15) is 0 Å². The average molecular weight is 412 g/mol. The SMILES string of the molecule is CCOC(=O)c1cc(Br)cc2c(C3CCSCC3)cn(C(=O)O)c12. The van der Waals surface area contributed by atoms with Crippen LogP contribution in [0.15, 0.2) is 22.8 Å². The van der Waals surface area contributed by atoms with E-state index in [1.165, 1.54) is 0 Å². The highest BCUT2D eigenvalue weighted by Crippen LogP contribution is 2.38. The number of carbonyl (C=O) groups is 2. The first-order valence-corrected chi connectivity index (χ1v) is 9.80. The number of halogens is 1. The Labute approximate surface area is 152 Å². The summed E-state index contributed by atoms with van der Waals surface area (Å²) in [4.78, 5) is 24.0. The number of nitrogens with zero attached hydrogens (tertiary/aromatic N) is 1. The molecule has 1 N–H and O–H groups in total. The lowest BCUT2D eigenvalue weighted by atomic mass is 9.92. The zero-order chi connectivity index (χ0) is 17.3. The van der Waals surface area contributed by atoms with Crippen molar-refractivity contribution in [1.82, 2.24) is 4.57 Å². The summed E-state index contributed by atoms with van der Waals surface area (Å²) in [6.45, 7) is 1.97. The molecule has 2 aromatic rings. The Morgan fingerprint density at radius 1 is 1.38 bits per heavy atom. The second-order valence-corrected chi connectivity index (χ2v) is 7.83. The van der Waals surface area contributed by atoms with Gasteiger partial charge in [-0.3, -0.25) is 4.57 Å². The summed E-state index contributed by atoms with van der Waals surface area (Å²) in [5.74, 6) is 1.96. The lowest BCUT2D eigenvalue weighted by Crippen LogP contribution is -2.11. The monoisotopic (exact) mass is 411 g/mol. The summed E-state index contributed by atoms with van der Waals surface area (Å²) in [6, 6.07) is 3.52. The van der Waals surface area contributed by atoms with Gasteiger partial charge in [0.2, 0.25) is 0 Å². The van der Waals surface area contributed by atoms with Crippen LogP contribution >= 0.6 is 27.7 Å². The molecule has 24 heavy (non-hydrogen) atoms. The highest BCUT2D eigenvalue weighted by Gasteiger charge is 2.26. The van der Waals surface area contributed by atoms with Crippen molar-refractivity contribution in [2.75, 3.05) is 18.1 Å². The molecule has 1 aromatic heterocycles. The van der Waals surface area contributed by atoms with Crippen molar-refractivity contribution in [2.45, 2.75) is 25.7 Å². The van der Waals surface area contributed by atoms with E-state index >= 15 is 0 Å². The molecule has 0 aliphatic carbocycles. The zero-order valence-corrected chi connectivity index (χ0v) is 15.7. The minimum absolute atomic E-state index is 0.243. The molecular formula is C17H18BrNO4S. The Morgan fingerprint density at radius 2 is 2.08 bits per heavy atom. The van der Waals surface area contributed by atoms with Gasteiger partial charge >= 0.3 is 12.1 Å². The maximum Gasteiger partial charge on any atom is 0.416 e. The van der Waals surface area contributed by atoms with Crippen LogP contribution in [0.3, 0.4) is 0 Å². The van der Waals surface area contributed by atoms with Crippen LogP contribution in [0.1, 0.15) is 41.6 Å². The van der Waals surface area contributed by atoms with Gasteiger partial charge in [-0.25, -0.2) is 9.59 Å². The molecule has 0 spiro atoms. The van der Waals surface area contributed by atoms with Gasteiger partial charge in [-0.15, -0.1) is 0 Å². The van der Waals surface area contributed by atoms with Crippen molar-refractivity contribution >= 4 is 50.7 Å². The van der Waals surface area contributed by atoms with E-state index in [0.29, 0.717) is 11.4 Å². The first kappa shape index (κ1) is 17.4. The maximum absolute atomic E-state index is 12.3. The Hall–Kier alpha value is -1.47.